The van der Waals surface area contributed by atoms with E-state index in [4.69, 9.17) is 16.3 Å². The zero-order chi connectivity index (χ0) is 18.5. The summed E-state index contributed by atoms with van der Waals surface area (Å²) < 4.78 is 5.11. The number of hydrogen-bond acceptors (Lipinski definition) is 5. The average molecular weight is 393 g/mol. The molecule has 1 fully saturated rings. The molecule has 0 saturated carbocycles. The first-order chi connectivity index (χ1) is 12.6. The third kappa shape index (κ3) is 4.23. The third-order valence-electron chi connectivity index (χ3n) is 4.01. The largest absolute Gasteiger partial charge is 0.454 e. The monoisotopic (exact) mass is 392 g/mol. The minimum atomic E-state index is -0.655. The Morgan fingerprint density at radius 3 is 2.77 bits per heavy atom. The number of likely N-dealkylation sites (tertiary alicyclic amines) is 1. The number of thiophene rings is 1. The lowest BCUT2D eigenvalue weighted by Gasteiger charge is -2.22. The van der Waals surface area contributed by atoms with E-state index in [1.807, 2.05) is 5.38 Å². The van der Waals surface area contributed by atoms with Crippen LogP contribution in [0.3, 0.4) is 0 Å². The smallest absolute Gasteiger partial charge is 0.329 e. The highest BCUT2D eigenvalue weighted by molar-refractivity contribution is 7.12. The lowest BCUT2D eigenvalue weighted by Crippen LogP contribution is -2.41. The van der Waals surface area contributed by atoms with Crippen LogP contribution in [-0.4, -0.2) is 41.9 Å². The number of ether oxygens (including phenoxy) is 1. The minimum Gasteiger partial charge on any atom is -0.454 e. The number of hydrogen-bond donors (Lipinski definition) is 1. The summed E-state index contributed by atoms with van der Waals surface area (Å²) in [4.78, 5) is 38.9. The molecule has 0 unspecified atom stereocenters. The van der Waals surface area contributed by atoms with Crippen molar-refractivity contribution in [1.82, 2.24) is 4.90 Å². The second-order valence-corrected chi connectivity index (χ2v) is 7.12. The quantitative estimate of drug-likeness (QED) is 0.793. The highest BCUT2D eigenvalue weighted by atomic mass is 35.5. The number of amides is 2. The van der Waals surface area contributed by atoms with Gasteiger partial charge in [-0.2, -0.15) is 0 Å². The van der Waals surface area contributed by atoms with Gasteiger partial charge in [-0.15, -0.1) is 11.3 Å². The van der Waals surface area contributed by atoms with Crippen LogP contribution in [0.1, 0.15) is 22.5 Å². The molecule has 136 valence electrons. The van der Waals surface area contributed by atoms with Gasteiger partial charge in [-0.25, -0.2) is 4.79 Å². The molecule has 2 aromatic rings. The van der Waals surface area contributed by atoms with Gasteiger partial charge in [0.25, 0.3) is 11.8 Å². The van der Waals surface area contributed by atoms with Crippen molar-refractivity contribution >= 4 is 46.4 Å². The molecule has 6 nitrogen and oxygen atoms in total. The van der Waals surface area contributed by atoms with Gasteiger partial charge in [-0.1, -0.05) is 29.8 Å². The average Bonchev–Trinajstić information content (AvgIpc) is 3.33. The molecule has 1 aromatic carbocycles. The maximum atomic E-state index is 12.5. The number of nitrogens with zero attached hydrogens (tertiary/aromatic N) is 1. The molecule has 0 aliphatic carbocycles. The van der Waals surface area contributed by atoms with E-state index >= 15 is 0 Å². The van der Waals surface area contributed by atoms with Crippen LogP contribution in [-0.2, 0) is 14.3 Å². The molecule has 3 rings (SSSR count). The summed E-state index contributed by atoms with van der Waals surface area (Å²) in [5.41, 5.74) is 0.450. The number of carbonyl (C=O) groups excluding carboxylic acids is 3. The second kappa shape index (κ2) is 8.33. The summed E-state index contributed by atoms with van der Waals surface area (Å²) in [6.07, 6.45) is 1.25. The van der Waals surface area contributed by atoms with Crippen LogP contribution in [0, 0.1) is 0 Å². The van der Waals surface area contributed by atoms with E-state index in [9.17, 15) is 14.4 Å². The summed E-state index contributed by atoms with van der Waals surface area (Å²) in [6, 6.07) is 9.65. The highest BCUT2D eigenvalue weighted by Crippen LogP contribution is 2.23. The van der Waals surface area contributed by atoms with E-state index in [-0.39, 0.29) is 5.91 Å². The summed E-state index contributed by atoms with van der Waals surface area (Å²) in [5.74, 6) is -1.23. The summed E-state index contributed by atoms with van der Waals surface area (Å²) >= 11 is 7.30. The molecule has 2 heterocycles. The Hall–Kier alpha value is -2.38. The van der Waals surface area contributed by atoms with E-state index in [1.54, 1.807) is 36.4 Å². The van der Waals surface area contributed by atoms with Gasteiger partial charge in [0.2, 0.25) is 0 Å². The van der Waals surface area contributed by atoms with Crippen molar-refractivity contribution in [3.8, 4) is 0 Å². The summed E-state index contributed by atoms with van der Waals surface area (Å²) in [6.45, 7) is 0.0733. The third-order valence-corrected chi connectivity index (χ3v) is 5.20. The fourth-order valence-corrected chi connectivity index (χ4v) is 3.64. The molecule has 0 spiro atoms. The Bertz CT molecular complexity index is 809. The molecule has 1 N–H and O–H groups in total. The molecular formula is C18H17ClN2O4S. The molecule has 1 saturated heterocycles. The Balaban J connectivity index is 1.55. The van der Waals surface area contributed by atoms with Crippen LogP contribution in [0.5, 0.6) is 0 Å². The van der Waals surface area contributed by atoms with Crippen molar-refractivity contribution in [2.24, 2.45) is 0 Å². The lowest BCUT2D eigenvalue weighted by atomic mass is 10.2. The number of halogens is 1. The van der Waals surface area contributed by atoms with Crippen LogP contribution in [0.25, 0.3) is 0 Å². The van der Waals surface area contributed by atoms with Gasteiger partial charge in [-0.3, -0.25) is 9.59 Å². The molecule has 1 aliphatic heterocycles. The molecule has 2 amide bonds. The van der Waals surface area contributed by atoms with Crippen LogP contribution < -0.4 is 5.32 Å². The molecule has 1 aliphatic rings. The maximum Gasteiger partial charge on any atom is 0.329 e. The van der Waals surface area contributed by atoms with Crippen molar-refractivity contribution in [3.63, 3.8) is 0 Å². The van der Waals surface area contributed by atoms with E-state index in [0.29, 0.717) is 28.6 Å². The van der Waals surface area contributed by atoms with Crippen molar-refractivity contribution in [3.05, 3.63) is 51.7 Å². The molecular weight excluding hydrogens is 376 g/mol. The first kappa shape index (κ1) is 18.4. The predicted molar refractivity (Wildman–Crippen MR) is 99.4 cm³/mol. The first-order valence-electron chi connectivity index (χ1n) is 8.12. The number of rotatable bonds is 5. The van der Waals surface area contributed by atoms with E-state index < -0.39 is 24.5 Å². The number of anilines is 1. The van der Waals surface area contributed by atoms with E-state index in [0.717, 1.165) is 6.42 Å². The summed E-state index contributed by atoms with van der Waals surface area (Å²) in [7, 11) is 0. The van der Waals surface area contributed by atoms with Crippen LogP contribution in [0.4, 0.5) is 5.69 Å². The van der Waals surface area contributed by atoms with Crippen LogP contribution in [0.15, 0.2) is 41.8 Å². The van der Waals surface area contributed by atoms with Crippen molar-refractivity contribution in [1.29, 1.82) is 0 Å². The molecule has 8 heteroatoms. The Kier molecular flexibility index (Phi) is 5.90. The Morgan fingerprint density at radius 1 is 1.23 bits per heavy atom. The molecule has 0 radical (unpaired) electrons. The van der Waals surface area contributed by atoms with Crippen molar-refractivity contribution < 1.29 is 19.1 Å². The standard InChI is InChI=1S/C18H17ClN2O4S/c19-12-5-1-2-6-13(12)20-16(22)11-25-18(24)14-7-3-9-21(14)17(23)15-8-4-10-26-15/h1-2,4-6,8,10,14H,3,7,9,11H2,(H,20,22)/t14-/m0/s1. The van der Waals surface area contributed by atoms with Gasteiger partial charge in [0, 0.05) is 6.54 Å². The van der Waals surface area contributed by atoms with Gasteiger partial charge in [0.15, 0.2) is 6.61 Å². The second-order valence-electron chi connectivity index (χ2n) is 5.77. The van der Waals surface area contributed by atoms with Gasteiger partial charge in [0.1, 0.15) is 6.04 Å². The van der Waals surface area contributed by atoms with Crippen molar-refractivity contribution in [2.75, 3.05) is 18.5 Å². The maximum absolute atomic E-state index is 12.5. The molecule has 1 atom stereocenters. The van der Waals surface area contributed by atoms with E-state index in [1.165, 1.54) is 16.2 Å². The number of para-hydroxylation sites is 1. The SMILES string of the molecule is O=C(COC(=O)[C@@H]1CCCN1C(=O)c1cccs1)Nc1ccccc1Cl. The number of benzene rings is 1. The highest BCUT2D eigenvalue weighted by Gasteiger charge is 2.36. The molecule has 26 heavy (non-hydrogen) atoms. The number of nitrogens with one attached hydrogen (secondary N) is 1. The minimum absolute atomic E-state index is 0.181. The van der Waals surface area contributed by atoms with Crippen molar-refractivity contribution in [2.45, 2.75) is 18.9 Å². The van der Waals surface area contributed by atoms with Crippen LogP contribution >= 0.6 is 22.9 Å². The predicted octanol–water partition coefficient (Wildman–Crippen LogP) is 3.19. The summed E-state index contributed by atoms with van der Waals surface area (Å²) in [5, 5.41) is 4.80. The van der Waals surface area contributed by atoms with Gasteiger partial charge >= 0.3 is 5.97 Å². The fourth-order valence-electron chi connectivity index (χ4n) is 2.78. The van der Waals surface area contributed by atoms with Gasteiger partial charge in [0.05, 0.1) is 15.6 Å². The van der Waals surface area contributed by atoms with Gasteiger partial charge in [-0.05, 0) is 36.4 Å². The normalized spacial score (nSPS) is 16.3. The van der Waals surface area contributed by atoms with E-state index in [2.05, 4.69) is 5.32 Å². The zero-order valence-electron chi connectivity index (χ0n) is 13.8. The topological polar surface area (TPSA) is 75.7 Å². The number of carbonyl (C=O) groups is 3. The Morgan fingerprint density at radius 2 is 2.04 bits per heavy atom. The first-order valence-corrected chi connectivity index (χ1v) is 9.37. The Labute approximate surface area is 159 Å². The number of esters is 1. The fraction of sp³-hybridized carbons (Fsp3) is 0.278. The van der Waals surface area contributed by atoms with Gasteiger partial charge < -0.3 is 15.0 Å². The molecule has 1 aromatic heterocycles. The zero-order valence-corrected chi connectivity index (χ0v) is 15.4. The lowest BCUT2D eigenvalue weighted by molar-refractivity contribution is -0.151. The molecule has 0 bridgehead atoms. The van der Waals surface area contributed by atoms with Crippen LogP contribution in [0.2, 0.25) is 5.02 Å².